The van der Waals surface area contributed by atoms with Gasteiger partial charge in [0, 0.05) is 18.7 Å². The summed E-state index contributed by atoms with van der Waals surface area (Å²) in [5, 5.41) is 0. The van der Waals surface area contributed by atoms with Crippen molar-refractivity contribution in [1.29, 1.82) is 0 Å². The molecule has 4 rings (SSSR count). The van der Waals surface area contributed by atoms with Gasteiger partial charge in [-0.25, -0.2) is 4.98 Å². The first-order valence-electron chi connectivity index (χ1n) is 13.2. The van der Waals surface area contributed by atoms with Gasteiger partial charge in [-0.05, 0) is 66.3 Å². The van der Waals surface area contributed by atoms with Crippen LogP contribution in [0, 0.1) is 5.92 Å². The van der Waals surface area contributed by atoms with Crippen LogP contribution in [-0.2, 0) is 13.0 Å². The molecule has 0 saturated carbocycles. The number of benzene rings is 3. The molecule has 3 aromatic carbocycles. The van der Waals surface area contributed by atoms with E-state index in [9.17, 15) is 4.79 Å². The molecule has 5 heteroatoms. The van der Waals surface area contributed by atoms with E-state index < -0.39 is 0 Å². The van der Waals surface area contributed by atoms with E-state index in [-0.39, 0.29) is 17.9 Å². The van der Waals surface area contributed by atoms with E-state index in [1.165, 1.54) is 11.1 Å². The molecule has 5 nitrogen and oxygen atoms in total. The lowest BCUT2D eigenvalue weighted by Crippen LogP contribution is -2.40. The highest BCUT2D eigenvalue weighted by Crippen LogP contribution is 2.33. The van der Waals surface area contributed by atoms with E-state index in [1.807, 2.05) is 41.3 Å². The van der Waals surface area contributed by atoms with Crippen LogP contribution < -0.4 is 5.73 Å². The van der Waals surface area contributed by atoms with Gasteiger partial charge >= 0.3 is 0 Å². The largest absolute Gasteiger partial charge is 0.330 e. The summed E-state index contributed by atoms with van der Waals surface area (Å²) >= 11 is 0. The highest BCUT2D eigenvalue weighted by atomic mass is 16.2. The van der Waals surface area contributed by atoms with Crippen LogP contribution in [0.25, 0.3) is 17.1 Å². The van der Waals surface area contributed by atoms with Crippen molar-refractivity contribution in [1.82, 2.24) is 14.5 Å². The molecule has 1 unspecified atom stereocenters. The summed E-state index contributed by atoms with van der Waals surface area (Å²) in [6, 6.07) is 24.4. The molecule has 0 radical (unpaired) electrons. The molecular weight excluding hydrogens is 456 g/mol. The fourth-order valence-corrected chi connectivity index (χ4v) is 4.93. The number of aromatic nitrogens is 2. The zero-order chi connectivity index (χ0) is 26.4. The van der Waals surface area contributed by atoms with Crippen molar-refractivity contribution in [3.05, 3.63) is 107 Å². The standard InChI is InChI=1S/C32H38N4O/c1-5-24-13-16-27(17-14-24)32(37)35(20-10-19-33)30(23(3)4)31-34-28-21-25(6-2)15-18-29(28)36(31)22-26-11-8-7-9-12-26/h6-9,11-18,21,23,30H,2,5,10,19-20,22,33H2,1,3-4H3. The summed E-state index contributed by atoms with van der Waals surface area (Å²) in [6.45, 7) is 12.1. The molecule has 37 heavy (non-hydrogen) atoms. The zero-order valence-electron chi connectivity index (χ0n) is 22.2. The SMILES string of the molecule is C=Cc1ccc2c(c1)nc(C(C(C)C)N(CCCN)C(=O)c1ccc(CC)cc1)n2Cc1ccccc1. The first kappa shape index (κ1) is 26.4. The molecule has 0 aliphatic rings. The average Bonchev–Trinajstić information content (AvgIpc) is 3.27. The number of hydrogen-bond donors (Lipinski definition) is 1. The second-order valence-electron chi connectivity index (χ2n) is 9.87. The molecule has 1 aromatic heterocycles. The molecule has 0 fully saturated rings. The second kappa shape index (κ2) is 12.0. The van der Waals surface area contributed by atoms with E-state index in [2.05, 4.69) is 74.4 Å². The summed E-state index contributed by atoms with van der Waals surface area (Å²) in [5.41, 5.74) is 12.0. The van der Waals surface area contributed by atoms with Crippen LogP contribution in [0.2, 0.25) is 0 Å². The Morgan fingerprint density at radius 1 is 1.05 bits per heavy atom. The van der Waals surface area contributed by atoms with Crippen molar-refractivity contribution in [3.8, 4) is 0 Å². The van der Waals surface area contributed by atoms with Gasteiger partial charge in [-0.1, -0.05) is 82.0 Å². The first-order chi connectivity index (χ1) is 18.0. The maximum absolute atomic E-state index is 14.0. The van der Waals surface area contributed by atoms with Gasteiger partial charge in [0.1, 0.15) is 5.82 Å². The topological polar surface area (TPSA) is 64.2 Å². The predicted octanol–water partition coefficient (Wildman–Crippen LogP) is 6.48. The quantitative estimate of drug-likeness (QED) is 0.260. The molecule has 4 aromatic rings. The maximum Gasteiger partial charge on any atom is 0.254 e. The first-order valence-corrected chi connectivity index (χ1v) is 13.2. The van der Waals surface area contributed by atoms with Gasteiger partial charge in [0.15, 0.2) is 0 Å². The highest BCUT2D eigenvalue weighted by molar-refractivity contribution is 5.94. The molecular formula is C32H38N4O. The summed E-state index contributed by atoms with van der Waals surface area (Å²) < 4.78 is 2.27. The molecule has 2 N–H and O–H groups in total. The molecule has 0 saturated heterocycles. The molecule has 0 aliphatic carbocycles. The van der Waals surface area contributed by atoms with Gasteiger partial charge in [0.2, 0.25) is 0 Å². The molecule has 1 heterocycles. The summed E-state index contributed by atoms with van der Waals surface area (Å²) in [7, 11) is 0. The lowest BCUT2D eigenvalue weighted by atomic mass is 9.99. The molecule has 1 amide bonds. The Labute approximate surface area is 220 Å². The lowest BCUT2D eigenvalue weighted by Gasteiger charge is -2.34. The summed E-state index contributed by atoms with van der Waals surface area (Å²) in [6.07, 6.45) is 3.50. The van der Waals surface area contributed by atoms with Crippen molar-refractivity contribution in [3.63, 3.8) is 0 Å². The number of imidazole rings is 1. The zero-order valence-corrected chi connectivity index (χ0v) is 22.2. The van der Waals surface area contributed by atoms with Crippen molar-refractivity contribution < 1.29 is 4.79 Å². The number of carbonyl (C=O) groups is 1. The Hall–Kier alpha value is -3.70. The minimum atomic E-state index is -0.215. The van der Waals surface area contributed by atoms with Crippen LogP contribution in [-0.4, -0.2) is 33.4 Å². The minimum absolute atomic E-state index is 0.0138. The van der Waals surface area contributed by atoms with Crippen molar-refractivity contribution >= 4 is 23.0 Å². The number of rotatable bonds is 11. The van der Waals surface area contributed by atoms with Gasteiger partial charge in [0.05, 0.1) is 17.1 Å². The normalized spacial score (nSPS) is 12.1. The van der Waals surface area contributed by atoms with Crippen LogP contribution in [0.3, 0.4) is 0 Å². The van der Waals surface area contributed by atoms with Gasteiger partial charge in [-0.2, -0.15) is 0 Å². The van der Waals surface area contributed by atoms with Crippen LogP contribution in [0.15, 0.2) is 79.4 Å². The Morgan fingerprint density at radius 3 is 2.41 bits per heavy atom. The Morgan fingerprint density at radius 2 is 1.78 bits per heavy atom. The molecule has 0 bridgehead atoms. The third-order valence-corrected chi connectivity index (χ3v) is 6.93. The summed E-state index contributed by atoms with van der Waals surface area (Å²) in [5.74, 6) is 1.05. The van der Waals surface area contributed by atoms with Crippen LogP contribution in [0.4, 0.5) is 0 Å². The Bertz CT molecular complexity index is 1340. The molecule has 192 valence electrons. The molecule has 1 atom stereocenters. The fraction of sp³-hybridized carbons (Fsp3) is 0.312. The van der Waals surface area contributed by atoms with Gasteiger partial charge in [0.25, 0.3) is 5.91 Å². The fourth-order valence-electron chi connectivity index (χ4n) is 4.93. The highest BCUT2D eigenvalue weighted by Gasteiger charge is 2.32. The number of aryl methyl sites for hydroxylation is 1. The monoisotopic (exact) mass is 494 g/mol. The van der Waals surface area contributed by atoms with Gasteiger partial charge in [-0.3, -0.25) is 4.79 Å². The van der Waals surface area contributed by atoms with Crippen molar-refractivity contribution in [2.45, 2.75) is 46.2 Å². The molecule has 0 spiro atoms. The average molecular weight is 495 g/mol. The van der Waals surface area contributed by atoms with Gasteiger partial charge in [-0.15, -0.1) is 0 Å². The van der Waals surface area contributed by atoms with E-state index >= 15 is 0 Å². The lowest BCUT2D eigenvalue weighted by molar-refractivity contribution is 0.0605. The van der Waals surface area contributed by atoms with Crippen LogP contribution in [0.5, 0.6) is 0 Å². The summed E-state index contributed by atoms with van der Waals surface area (Å²) in [4.78, 5) is 21.1. The third kappa shape index (κ3) is 5.83. The van der Waals surface area contributed by atoms with Gasteiger partial charge < -0.3 is 15.2 Å². The van der Waals surface area contributed by atoms with Crippen LogP contribution in [0.1, 0.15) is 66.1 Å². The van der Waals surface area contributed by atoms with Crippen molar-refractivity contribution in [2.24, 2.45) is 11.7 Å². The smallest absolute Gasteiger partial charge is 0.254 e. The van der Waals surface area contributed by atoms with E-state index in [4.69, 9.17) is 10.7 Å². The number of amides is 1. The second-order valence-corrected chi connectivity index (χ2v) is 9.87. The van der Waals surface area contributed by atoms with E-state index in [0.29, 0.717) is 25.2 Å². The molecule has 0 aliphatic heterocycles. The number of nitrogens with zero attached hydrogens (tertiary/aromatic N) is 3. The Kier molecular flexibility index (Phi) is 8.57. The minimum Gasteiger partial charge on any atom is -0.330 e. The van der Waals surface area contributed by atoms with Crippen LogP contribution >= 0.6 is 0 Å². The third-order valence-electron chi connectivity index (χ3n) is 6.93. The van der Waals surface area contributed by atoms with Crippen molar-refractivity contribution in [2.75, 3.05) is 13.1 Å². The van der Waals surface area contributed by atoms with E-state index in [1.54, 1.807) is 0 Å². The number of hydrogen-bond acceptors (Lipinski definition) is 3. The number of carbonyl (C=O) groups excluding carboxylic acids is 1. The number of nitrogens with two attached hydrogens (primary N) is 1. The number of fused-ring (bicyclic) bond motifs is 1. The maximum atomic E-state index is 14.0. The Balaban J connectivity index is 1.85. The van der Waals surface area contributed by atoms with E-state index in [0.717, 1.165) is 35.3 Å². The predicted molar refractivity (Wildman–Crippen MR) is 153 cm³/mol.